The van der Waals surface area contributed by atoms with Gasteiger partial charge in [0.1, 0.15) is 0 Å². The molecular weight excluding hydrogens is 282 g/mol. The Hall–Kier alpha value is -0.790. The van der Waals surface area contributed by atoms with E-state index < -0.39 is 17.4 Å². The van der Waals surface area contributed by atoms with Gasteiger partial charge in [-0.15, -0.1) is 0 Å². The number of hydrogen-bond acceptors (Lipinski definition) is 6. The molecule has 1 rings (SSSR count). The van der Waals surface area contributed by atoms with Crippen LogP contribution in [0.3, 0.4) is 0 Å². The van der Waals surface area contributed by atoms with Gasteiger partial charge in [0.25, 0.3) is 0 Å². The van der Waals surface area contributed by atoms with E-state index in [-0.39, 0.29) is 39.2 Å². The number of carbonyl (C=O) groups is 2. The number of morpholine rings is 1. The molecule has 0 spiro atoms. The molecule has 1 saturated heterocycles. The molecule has 0 amide bonds. The minimum absolute atomic E-state index is 0. The average Bonchev–Trinajstić information content (AvgIpc) is 2.40. The highest BCUT2D eigenvalue weighted by atomic mass is 32.1. The Kier molecular flexibility index (Phi) is 8.84. The van der Waals surface area contributed by atoms with Crippen molar-refractivity contribution in [3.63, 3.8) is 0 Å². The first kappa shape index (κ1) is 19.2. The Labute approximate surface area is 127 Å². The topological polar surface area (TPSA) is 73.9 Å². The first-order chi connectivity index (χ1) is 9.04. The Bertz CT molecular complexity index is 300. The van der Waals surface area contributed by atoms with Gasteiger partial charge in [0.15, 0.2) is 5.41 Å². The van der Waals surface area contributed by atoms with Crippen molar-refractivity contribution in [3.8, 4) is 0 Å². The first-order valence-electron chi connectivity index (χ1n) is 6.71. The SMILES string of the molecule is CCOC(=O)C(C)(C[C@H]1CNCCO1)C(=O)OCC.S. The fourth-order valence-corrected chi connectivity index (χ4v) is 2.04. The van der Waals surface area contributed by atoms with Crippen molar-refractivity contribution in [3.05, 3.63) is 0 Å². The van der Waals surface area contributed by atoms with Crippen LogP contribution in [0.1, 0.15) is 27.2 Å². The summed E-state index contributed by atoms with van der Waals surface area (Å²) >= 11 is 0. The van der Waals surface area contributed by atoms with Gasteiger partial charge in [-0.1, -0.05) is 0 Å². The molecule has 7 heteroatoms. The Balaban J connectivity index is 0.00000361. The van der Waals surface area contributed by atoms with E-state index in [1.165, 1.54) is 0 Å². The lowest BCUT2D eigenvalue weighted by Crippen LogP contribution is -2.47. The minimum Gasteiger partial charge on any atom is -0.465 e. The van der Waals surface area contributed by atoms with Crippen LogP contribution < -0.4 is 5.32 Å². The summed E-state index contributed by atoms with van der Waals surface area (Å²) < 4.78 is 15.6. The molecule has 1 N–H and O–H groups in total. The molecule has 0 aliphatic carbocycles. The van der Waals surface area contributed by atoms with Gasteiger partial charge in [-0.25, -0.2) is 0 Å². The van der Waals surface area contributed by atoms with Crippen molar-refractivity contribution < 1.29 is 23.8 Å². The highest BCUT2D eigenvalue weighted by Gasteiger charge is 2.46. The molecule has 0 radical (unpaired) electrons. The smallest absolute Gasteiger partial charge is 0.323 e. The van der Waals surface area contributed by atoms with E-state index >= 15 is 0 Å². The fraction of sp³-hybridized carbons (Fsp3) is 0.846. The van der Waals surface area contributed by atoms with Crippen LogP contribution in [0, 0.1) is 5.41 Å². The summed E-state index contributed by atoms with van der Waals surface area (Å²) in [5.41, 5.74) is -1.31. The van der Waals surface area contributed by atoms with E-state index in [2.05, 4.69) is 5.32 Å². The van der Waals surface area contributed by atoms with Crippen molar-refractivity contribution >= 4 is 25.4 Å². The van der Waals surface area contributed by atoms with Gasteiger partial charge in [-0.3, -0.25) is 9.59 Å². The van der Waals surface area contributed by atoms with E-state index in [1.807, 2.05) is 0 Å². The molecule has 0 aromatic rings. The predicted octanol–water partition coefficient (Wildman–Crippen LogP) is 0.610. The predicted molar refractivity (Wildman–Crippen MR) is 79.0 cm³/mol. The summed E-state index contributed by atoms with van der Waals surface area (Å²) in [4.78, 5) is 24.1. The summed E-state index contributed by atoms with van der Waals surface area (Å²) in [5, 5.41) is 3.17. The summed E-state index contributed by atoms with van der Waals surface area (Å²) in [6.45, 7) is 7.42. The molecule has 20 heavy (non-hydrogen) atoms. The average molecular weight is 307 g/mol. The van der Waals surface area contributed by atoms with Crippen molar-refractivity contribution in [1.82, 2.24) is 5.32 Å². The van der Waals surface area contributed by atoms with E-state index in [9.17, 15) is 9.59 Å². The van der Waals surface area contributed by atoms with Gasteiger partial charge in [0.05, 0.1) is 25.9 Å². The van der Waals surface area contributed by atoms with Crippen molar-refractivity contribution in [1.29, 1.82) is 0 Å². The largest absolute Gasteiger partial charge is 0.465 e. The second-order valence-electron chi connectivity index (χ2n) is 4.67. The molecule has 0 bridgehead atoms. The van der Waals surface area contributed by atoms with Crippen LogP contribution in [0.15, 0.2) is 0 Å². The Morgan fingerprint density at radius 3 is 2.20 bits per heavy atom. The Morgan fingerprint density at radius 2 is 1.80 bits per heavy atom. The van der Waals surface area contributed by atoms with Crippen LogP contribution in [0.5, 0.6) is 0 Å². The van der Waals surface area contributed by atoms with Crippen LogP contribution in [-0.2, 0) is 23.8 Å². The van der Waals surface area contributed by atoms with Gasteiger partial charge in [0.2, 0.25) is 0 Å². The normalized spacial score (nSPS) is 18.9. The summed E-state index contributed by atoms with van der Waals surface area (Å²) in [7, 11) is 0. The molecule has 1 fully saturated rings. The molecule has 0 saturated carbocycles. The van der Waals surface area contributed by atoms with Crippen molar-refractivity contribution in [2.45, 2.75) is 33.3 Å². The molecule has 0 aromatic carbocycles. The molecular formula is C13H25NO5S. The second kappa shape index (κ2) is 9.20. The lowest BCUT2D eigenvalue weighted by Gasteiger charge is -2.31. The van der Waals surface area contributed by atoms with Crippen LogP contribution in [0.2, 0.25) is 0 Å². The van der Waals surface area contributed by atoms with E-state index in [0.717, 1.165) is 6.54 Å². The number of rotatable bonds is 6. The second-order valence-corrected chi connectivity index (χ2v) is 4.67. The molecule has 0 aromatic heterocycles. The molecule has 0 unspecified atom stereocenters. The maximum Gasteiger partial charge on any atom is 0.323 e. The zero-order valence-corrected chi connectivity index (χ0v) is 13.4. The highest BCUT2D eigenvalue weighted by Crippen LogP contribution is 2.29. The third-order valence-corrected chi connectivity index (χ3v) is 3.09. The standard InChI is InChI=1S/C13H23NO5.H2S/c1-4-17-11(15)13(3,12(16)18-5-2)8-10-9-14-6-7-19-10;/h10,14H,4-9H2,1-3H3;1H2/t10-;/m0./s1. The van der Waals surface area contributed by atoms with Crippen LogP contribution in [0.4, 0.5) is 0 Å². The zero-order chi connectivity index (χ0) is 14.3. The third kappa shape index (κ3) is 4.96. The van der Waals surface area contributed by atoms with Gasteiger partial charge in [-0.05, 0) is 20.8 Å². The Morgan fingerprint density at radius 1 is 1.25 bits per heavy atom. The maximum atomic E-state index is 12.1. The van der Waals surface area contributed by atoms with Crippen molar-refractivity contribution in [2.24, 2.45) is 5.41 Å². The molecule has 1 aliphatic rings. The molecule has 6 nitrogen and oxygen atoms in total. The first-order valence-corrected chi connectivity index (χ1v) is 6.71. The van der Waals surface area contributed by atoms with Crippen LogP contribution in [-0.4, -0.2) is 51.0 Å². The number of nitrogens with one attached hydrogen (secondary N) is 1. The number of ether oxygens (including phenoxy) is 3. The minimum atomic E-state index is -1.31. The third-order valence-electron chi connectivity index (χ3n) is 3.09. The van der Waals surface area contributed by atoms with Gasteiger partial charge in [-0.2, -0.15) is 13.5 Å². The van der Waals surface area contributed by atoms with E-state index in [0.29, 0.717) is 13.2 Å². The summed E-state index contributed by atoms with van der Waals surface area (Å²) in [5.74, 6) is -1.11. The van der Waals surface area contributed by atoms with E-state index in [1.54, 1.807) is 20.8 Å². The van der Waals surface area contributed by atoms with E-state index in [4.69, 9.17) is 14.2 Å². The summed E-state index contributed by atoms with van der Waals surface area (Å²) in [6, 6.07) is 0. The monoisotopic (exact) mass is 307 g/mol. The van der Waals surface area contributed by atoms with Gasteiger partial charge < -0.3 is 19.5 Å². The lowest BCUT2D eigenvalue weighted by atomic mass is 9.84. The quantitative estimate of drug-likeness (QED) is 0.572. The molecule has 118 valence electrons. The maximum absolute atomic E-state index is 12.1. The van der Waals surface area contributed by atoms with Crippen molar-refractivity contribution in [2.75, 3.05) is 32.9 Å². The number of carbonyl (C=O) groups excluding carboxylic acids is 2. The molecule has 1 aliphatic heterocycles. The fourth-order valence-electron chi connectivity index (χ4n) is 2.04. The summed E-state index contributed by atoms with van der Waals surface area (Å²) in [6.07, 6.45) is 0.0741. The highest BCUT2D eigenvalue weighted by molar-refractivity contribution is 7.59. The number of esters is 2. The molecule has 1 heterocycles. The number of hydrogen-bond donors (Lipinski definition) is 1. The van der Waals surface area contributed by atoms with Crippen LogP contribution in [0.25, 0.3) is 0 Å². The van der Waals surface area contributed by atoms with Gasteiger partial charge in [0, 0.05) is 19.5 Å². The zero-order valence-electron chi connectivity index (χ0n) is 12.4. The van der Waals surface area contributed by atoms with Gasteiger partial charge >= 0.3 is 11.9 Å². The molecule has 1 atom stereocenters. The van der Waals surface area contributed by atoms with Crippen LogP contribution >= 0.6 is 13.5 Å². The lowest BCUT2D eigenvalue weighted by molar-refractivity contribution is -0.174.